The molecule has 0 radical (unpaired) electrons. The average molecular weight is 510 g/mol. The third-order valence-electron chi connectivity index (χ3n) is 6.93. The van der Waals surface area contributed by atoms with Crippen LogP contribution in [0, 0.1) is 11.2 Å². The SMILES string of the molecule is O=C(NC1CCC2(CC1)CCN(c1ccc(F)cc1Cl)C2=O)c1cnn2c(C(F)(F)F)ccnc12. The number of rotatable bonds is 3. The maximum Gasteiger partial charge on any atom is 0.433 e. The number of benzene rings is 1. The lowest BCUT2D eigenvalue weighted by Gasteiger charge is -2.36. The van der Waals surface area contributed by atoms with Crippen LogP contribution >= 0.6 is 11.6 Å². The van der Waals surface area contributed by atoms with Gasteiger partial charge in [0.2, 0.25) is 5.91 Å². The normalized spacial score (nSPS) is 22.8. The molecule has 1 aliphatic carbocycles. The number of carbonyl (C=O) groups is 2. The van der Waals surface area contributed by atoms with E-state index in [1.807, 2.05) is 0 Å². The maximum absolute atomic E-state index is 13.4. The Kier molecular flexibility index (Phi) is 5.70. The molecule has 0 unspecified atom stereocenters. The van der Waals surface area contributed by atoms with Crippen molar-refractivity contribution in [1.82, 2.24) is 19.9 Å². The zero-order valence-corrected chi connectivity index (χ0v) is 19.0. The van der Waals surface area contributed by atoms with E-state index in [0.29, 0.717) is 48.9 Å². The minimum absolute atomic E-state index is 0.0505. The summed E-state index contributed by atoms with van der Waals surface area (Å²) in [4.78, 5) is 31.6. The second kappa shape index (κ2) is 8.47. The highest BCUT2D eigenvalue weighted by Gasteiger charge is 2.49. The van der Waals surface area contributed by atoms with Crippen molar-refractivity contribution in [2.24, 2.45) is 5.41 Å². The van der Waals surface area contributed by atoms with Crippen LogP contribution in [0.4, 0.5) is 23.2 Å². The first-order chi connectivity index (χ1) is 16.6. The van der Waals surface area contributed by atoms with Crippen LogP contribution in [0.2, 0.25) is 5.02 Å². The van der Waals surface area contributed by atoms with Gasteiger partial charge in [0.1, 0.15) is 17.1 Å². The van der Waals surface area contributed by atoms with Crippen LogP contribution < -0.4 is 10.2 Å². The molecule has 0 bridgehead atoms. The summed E-state index contributed by atoms with van der Waals surface area (Å²) in [6.45, 7) is 0.469. The molecule has 7 nitrogen and oxygen atoms in total. The zero-order valence-electron chi connectivity index (χ0n) is 18.3. The Labute approximate surface area is 202 Å². The Morgan fingerprint density at radius 3 is 2.60 bits per heavy atom. The van der Waals surface area contributed by atoms with Crippen molar-refractivity contribution in [2.75, 3.05) is 11.4 Å². The predicted molar refractivity (Wildman–Crippen MR) is 119 cm³/mol. The molecule has 3 heterocycles. The van der Waals surface area contributed by atoms with Crippen molar-refractivity contribution in [3.8, 4) is 0 Å². The highest BCUT2D eigenvalue weighted by atomic mass is 35.5. The van der Waals surface area contributed by atoms with Crippen molar-refractivity contribution in [2.45, 2.75) is 44.3 Å². The first-order valence-electron chi connectivity index (χ1n) is 11.1. The van der Waals surface area contributed by atoms with Gasteiger partial charge in [-0.3, -0.25) is 9.59 Å². The standard InChI is InChI=1S/C23H20ClF4N5O2/c24-16-11-13(25)1-2-17(16)32-10-8-22(21(32)35)6-3-14(4-7-22)31-20(34)15-12-30-33-18(23(26,27)28)5-9-29-19(15)33/h1-2,5,9,11-12,14H,3-4,6-8,10H2,(H,31,34). The summed E-state index contributed by atoms with van der Waals surface area (Å²) in [6, 6.07) is 4.48. The maximum atomic E-state index is 13.4. The summed E-state index contributed by atoms with van der Waals surface area (Å²) in [5.41, 5.74) is -1.35. The number of hydrogen-bond donors (Lipinski definition) is 1. The number of nitrogens with zero attached hydrogens (tertiary/aromatic N) is 4. The number of carbonyl (C=O) groups excluding carboxylic acids is 2. The largest absolute Gasteiger partial charge is 0.433 e. The summed E-state index contributed by atoms with van der Waals surface area (Å²) in [7, 11) is 0. The number of aromatic nitrogens is 3. The van der Waals surface area contributed by atoms with Crippen LogP contribution in [-0.4, -0.2) is 39.0 Å². The predicted octanol–water partition coefficient (Wildman–Crippen LogP) is 4.64. The summed E-state index contributed by atoms with van der Waals surface area (Å²) in [5, 5.41) is 6.73. The molecule has 1 saturated heterocycles. The lowest BCUT2D eigenvalue weighted by Crippen LogP contribution is -2.44. The van der Waals surface area contributed by atoms with E-state index in [4.69, 9.17) is 11.6 Å². The Hall–Kier alpha value is -3.21. The van der Waals surface area contributed by atoms with Crippen LogP contribution in [0.15, 0.2) is 36.7 Å². The number of anilines is 1. The molecule has 3 aromatic rings. The topological polar surface area (TPSA) is 79.6 Å². The summed E-state index contributed by atoms with van der Waals surface area (Å²) in [5.74, 6) is -1.11. The third-order valence-corrected chi connectivity index (χ3v) is 7.23. The second-order valence-corrected chi connectivity index (χ2v) is 9.36. The first kappa shape index (κ1) is 23.5. The molecule has 1 saturated carbocycles. The zero-order chi connectivity index (χ0) is 25.0. The summed E-state index contributed by atoms with van der Waals surface area (Å²) in [6.07, 6.45) is 0.186. The average Bonchev–Trinajstić information content (AvgIpc) is 3.37. The molecule has 1 aliphatic heterocycles. The van der Waals surface area contributed by atoms with E-state index in [1.54, 1.807) is 4.90 Å². The Morgan fingerprint density at radius 2 is 1.91 bits per heavy atom. The van der Waals surface area contributed by atoms with Crippen molar-refractivity contribution in [1.29, 1.82) is 0 Å². The van der Waals surface area contributed by atoms with Crippen molar-refractivity contribution < 1.29 is 27.2 Å². The highest BCUT2D eigenvalue weighted by Crippen LogP contribution is 2.47. The monoisotopic (exact) mass is 509 g/mol. The van der Waals surface area contributed by atoms with E-state index in [0.717, 1.165) is 18.5 Å². The molecule has 12 heteroatoms. The van der Waals surface area contributed by atoms with Gasteiger partial charge in [0.15, 0.2) is 5.65 Å². The minimum atomic E-state index is -4.64. The first-order valence-corrected chi connectivity index (χ1v) is 11.4. The molecule has 1 aromatic carbocycles. The quantitative estimate of drug-likeness (QED) is 0.522. The van der Waals surface area contributed by atoms with E-state index in [2.05, 4.69) is 15.4 Å². The van der Waals surface area contributed by atoms with Crippen LogP contribution in [-0.2, 0) is 11.0 Å². The molecule has 35 heavy (non-hydrogen) atoms. The fraction of sp³-hybridized carbons (Fsp3) is 0.391. The van der Waals surface area contributed by atoms with E-state index in [9.17, 15) is 27.2 Å². The van der Waals surface area contributed by atoms with E-state index in [-0.39, 0.29) is 28.2 Å². The van der Waals surface area contributed by atoms with Gasteiger partial charge < -0.3 is 10.2 Å². The number of fused-ring (bicyclic) bond motifs is 1. The van der Waals surface area contributed by atoms with E-state index >= 15 is 0 Å². The van der Waals surface area contributed by atoms with E-state index < -0.39 is 29.0 Å². The number of halogens is 5. The minimum Gasteiger partial charge on any atom is -0.349 e. The smallest absolute Gasteiger partial charge is 0.349 e. The molecule has 5 rings (SSSR count). The molecule has 1 N–H and O–H groups in total. The Bertz CT molecular complexity index is 1320. The van der Waals surface area contributed by atoms with Crippen molar-refractivity contribution in [3.05, 3.63) is 58.8 Å². The van der Waals surface area contributed by atoms with Gasteiger partial charge >= 0.3 is 6.18 Å². The van der Waals surface area contributed by atoms with Crippen LogP contribution in [0.5, 0.6) is 0 Å². The van der Waals surface area contributed by atoms with Crippen LogP contribution in [0.1, 0.15) is 48.2 Å². The van der Waals surface area contributed by atoms with Crippen molar-refractivity contribution >= 4 is 34.7 Å². The van der Waals surface area contributed by atoms with Gasteiger partial charge in [-0.2, -0.15) is 18.3 Å². The summed E-state index contributed by atoms with van der Waals surface area (Å²) >= 11 is 6.15. The molecule has 2 fully saturated rings. The van der Waals surface area contributed by atoms with Gasteiger partial charge in [0, 0.05) is 18.8 Å². The van der Waals surface area contributed by atoms with Gasteiger partial charge in [-0.05, 0) is 56.4 Å². The molecule has 2 amide bonds. The fourth-order valence-corrected chi connectivity index (χ4v) is 5.33. The lowest BCUT2D eigenvalue weighted by atomic mass is 9.71. The van der Waals surface area contributed by atoms with Crippen LogP contribution in [0.25, 0.3) is 5.65 Å². The van der Waals surface area contributed by atoms with Gasteiger partial charge in [0.05, 0.1) is 22.3 Å². The molecular formula is C23H20ClF4N5O2. The van der Waals surface area contributed by atoms with Crippen LogP contribution in [0.3, 0.4) is 0 Å². The Morgan fingerprint density at radius 1 is 1.17 bits per heavy atom. The number of alkyl halides is 3. The molecule has 0 atom stereocenters. The molecule has 1 spiro atoms. The number of nitrogens with one attached hydrogen (secondary N) is 1. The van der Waals surface area contributed by atoms with Gasteiger partial charge in [-0.25, -0.2) is 13.9 Å². The molecule has 2 aromatic heterocycles. The number of amides is 2. The fourth-order valence-electron chi connectivity index (χ4n) is 5.06. The van der Waals surface area contributed by atoms with Crippen molar-refractivity contribution in [3.63, 3.8) is 0 Å². The number of hydrogen-bond acceptors (Lipinski definition) is 4. The Balaban J connectivity index is 1.26. The van der Waals surface area contributed by atoms with Gasteiger partial charge in [0.25, 0.3) is 5.91 Å². The highest BCUT2D eigenvalue weighted by molar-refractivity contribution is 6.34. The molecular weight excluding hydrogens is 490 g/mol. The van der Waals surface area contributed by atoms with Gasteiger partial charge in [-0.1, -0.05) is 11.6 Å². The third kappa shape index (κ3) is 4.11. The second-order valence-electron chi connectivity index (χ2n) is 8.95. The van der Waals surface area contributed by atoms with E-state index in [1.165, 1.54) is 18.2 Å². The van der Waals surface area contributed by atoms with Gasteiger partial charge in [-0.15, -0.1) is 0 Å². The lowest BCUT2D eigenvalue weighted by molar-refractivity contribution is -0.142. The molecule has 184 valence electrons. The summed E-state index contributed by atoms with van der Waals surface area (Å²) < 4.78 is 53.6. The molecule has 2 aliphatic rings.